The quantitative estimate of drug-likeness (QED) is 0.525. The van der Waals surface area contributed by atoms with Crippen molar-refractivity contribution in [3.05, 3.63) is 87.4 Å². The monoisotopic (exact) mass is 415 g/mol. The van der Waals surface area contributed by atoms with Gasteiger partial charge in [-0.1, -0.05) is 53.5 Å². The maximum Gasteiger partial charge on any atom is 0.259 e. The molecule has 0 saturated carbocycles. The lowest BCUT2D eigenvalue weighted by molar-refractivity contribution is 0.102. The molecule has 0 aliphatic rings. The molecule has 0 aliphatic carbocycles. The topological polar surface area (TPSA) is 47.6 Å². The fourth-order valence-electron chi connectivity index (χ4n) is 2.66. The molecule has 4 nitrogen and oxygen atoms in total. The van der Waals surface area contributed by atoms with Crippen molar-refractivity contribution in [1.82, 2.24) is 0 Å². The zero-order valence-corrected chi connectivity index (χ0v) is 17.0. The van der Waals surface area contributed by atoms with Gasteiger partial charge in [0, 0.05) is 16.1 Å². The number of halogens is 2. The van der Waals surface area contributed by atoms with Crippen LogP contribution >= 0.6 is 23.2 Å². The molecule has 0 unspecified atom stereocenters. The summed E-state index contributed by atoms with van der Waals surface area (Å²) in [6.07, 6.45) is 0. The van der Waals surface area contributed by atoms with Crippen LogP contribution in [0.15, 0.2) is 60.7 Å². The van der Waals surface area contributed by atoms with Crippen LogP contribution in [0.25, 0.3) is 0 Å². The molecule has 0 fully saturated rings. The third kappa shape index (κ3) is 4.77. The molecule has 0 atom stereocenters. The molecule has 0 heterocycles. The number of anilines is 1. The zero-order chi connectivity index (χ0) is 20.1. The highest BCUT2D eigenvalue weighted by molar-refractivity contribution is 6.32. The van der Waals surface area contributed by atoms with E-state index >= 15 is 0 Å². The average Bonchev–Trinajstić information content (AvgIpc) is 2.70. The van der Waals surface area contributed by atoms with E-state index in [4.69, 9.17) is 32.7 Å². The van der Waals surface area contributed by atoms with E-state index in [1.807, 2.05) is 37.3 Å². The Morgan fingerprint density at radius 2 is 1.75 bits per heavy atom. The lowest BCUT2D eigenvalue weighted by atomic mass is 10.1. The van der Waals surface area contributed by atoms with E-state index in [1.165, 1.54) is 7.11 Å². The van der Waals surface area contributed by atoms with Crippen molar-refractivity contribution >= 4 is 34.8 Å². The number of hydrogen-bond acceptors (Lipinski definition) is 3. The summed E-state index contributed by atoms with van der Waals surface area (Å²) in [6, 6.07) is 18.1. The van der Waals surface area contributed by atoms with E-state index < -0.39 is 0 Å². The van der Waals surface area contributed by atoms with Crippen LogP contribution in [0.1, 0.15) is 21.5 Å². The van der Waals surface area contributed by atoms with Crippen molar-refractivity contribution in [2.45, 2.75) is 13.5 Å². The summed E-state index contributed by atoms with van der Waals surface area (Å²) in [6.45, 7) is 2.19. The molecule has 1 N–H and O–H groups in total. The van der Waals surface area contributed by atoms with Crippen LogP contribution in [0.4, 0.5) is 5.69 Å². The van der Waals surface area contributed by atoms with Gasteiger partial charge in [0.1, 0.15) is 18.1 Å². The summed E-state index contributed by atoms with van der Waals surface area (Å²) in [5.41, 5.74) is 2.67. The van der Waals surface area contributed by atoms with Gasteiger partial charge < -0.3 is 14.8 Å². The zero-order valence-electron chi connectivity index (χ0n) is 15.5. The number of ether oxygens (including phenoxy) is 2. The van der Waals surface area contributed by atoms with Crippen LogP contribution in [0, 0.1) is 6.92 Å². The number of carbonyl (C=O) groups excluding carboxylic acids is 1. The van der Waals surface area contributed by atoms with E-state index in [1.54, 1.807) is 30.3 Å². The number of amides is 1. The Hall–Kier alpha value is -2.69. The fourth-order valence-corrected chi connectivity index (χ4v) is 2.99. The Labute approximate surface area is 174 Å². The molecule has 28 heavy (non-hydrogen) atoms. The first-order valence-electron chi connectivity index (χ1n) is 8.59. The Morgan fingerprint density at radius 3 is 2.46 bits per heavy atom. The number of methoxy groups -OCH3 is 1. The van der Waals surface area contributed by atoms with Crippen LogP contribution in [0.5, 0.6) is 11.5 Å². The van der Waals surface area contributed by atoms with Gasteiger partial charge in [0.05, 0.1) is 18.4 Å². The number of nitrogens with one attached hydrogen (secondary N) is 1. The lowest BCUT2D eigenvalue weighted by Gasteiger charge is -2.15. The smallest absolute Gasteiger partial charge is 0.259 e. The molecular formula is C22H19Cl2NO3. The van der Waals surface area contributed by atoms with Crippen LogP contribution in [-0.4, -0.2) is 13.0 Å². The normalized spacial score (nSPS) is 10.4. The van der Waals surface area contributed by atoms with Crippen LogP contribution in [0.3, 0.4) is 0 Å². The van der Waals surface area contributed by atoms with Crippen molar-refractivity contribution < 1.29 is 14.3 Å². The Balaban J connectivity index is 1.85. The minimum Gasteiger partial charge on any atom is -0.495 e. The van der Waals surface area contributed by atoms with E-state index in [9.17, 15) is 4.79 Å². The van der Waals surface area contributed by atoms with Gasteiger partial charge in [-0.05, 0) is 42.3 Å². The lowest BCUT2D eigenvalue weighted by Crippen LogP contribution is -2.14. The van der Waals surface area contributed by atoms with Crippen LogP contribution in [-0.2, 0) is 6.61 Å². The van der Waals surface area contributed by atoms with Gasteiger partial charge in [-0.3, -0.25) is 4.79 Å². The summed E-state index contributed by atoms with van der Waals surface area (Å²) >= 11 is 12.2. The predicted octanol–water partition coefficient (Wildman–Crippen LogP) is 6.14. The maximum absolute atomic E-state index is 12.9. The largest absolute Gasteiger partial charge is 0.495 e. The van der Waals surface area contributed by atoms with Crippen molar-refractivity contribution in [3.63, 3.8) is 0 Å². The second kappa shape index (κ2) is 9.00. The molecule has 3 rings (SSSR count). The van der Waals surface area contributed by atoms with Gasteiger partial charge in [-0.25, -0.2) is 0 Å². The molecule has 0 radical (unpaired) electrons. The minimum atomic E-state index is -0.356. The highest BCUT2D eigenvalue weighted by atomic mass is 35.5. The van der Waals surface area contributed by atoms with E-state index in [0.717, 1.165) is 11.1 Å². The molecular weight excluding hydrogens is 397 g/mol. The van der Waals surface area contributed by atoms with Gasteiger partial charge >= 0.3 is 0 Å². The van der Waals surface area contributed by atoms with Gasteiger partial charge in [-0.15, -0.1) is 0 Å². The van der Waals surface area contributed by atoms with E-state index in [0.29, 0.717) is 39.4 Å². The standard InChI is InChI=1S/C22H19Cl2NO3/c1-14-10-19(21(27-2)12-18(14)24)25-22(26)17-11-16(23)8-9-20(17)28-13-15-6-4-3-5-7-15/h3-12H,13H2,1-2H3,(H,25,26). The first-order valence-corrected chi connectivity index (χ1v) is 9.35. The molecule has 6 heteroatoms. The predicted molar refractivity (Wildman–Crippen MR) is 113 cm³/mol. The third-order valence-corrected chi connectivity index (χ3v) is 4.79. The number of hydrogen-bond donors (Lipinski definition) is 1. The summed E-state index contributed by atoms with van der Waals surface area (Å²) in [5, 5.41) is 3.85. The molecule has 0 aromatic heterocycles. The van der Waals surface area contributed by atoms with Gasteiger partial charge in [0.25, 0.3) is 5.91 Å². The summed E-state index contributed by atoms with van der Waals surface area (Å²) < 4.78 is 11.2. The Bertz CT molecular complexity index is 991. The summed E-state index contributed by atoms with van der Waals surface area (Å²) in [5.74, 6) is 0.554. The highest BCUT2D eigenvalue weighted by Crippen LogP contribution is 2.32. The first kappa shape index (κ1) is 20.1. The second-order valence-corrected chi connectivity index (χ2v) is 7.01. The molecule has 0 bridgehead atoms. The third-order valence-electron chi connectivity index (χ3n) is 4.15. The molecule has 144 valence electrons. The summed E-state index contributed by atoms with van der Waals surface area (Å²) in [7, 11) is 1.52. The molecule has 0 spiro atoms. The van der Waals surface area contributed by atoms with Crippen LogP contribution in [0.2, 0.25) is 10.0 Å². The Kier molecular flexibility index (Phi) is 6.45. The number of benzene rings is 3. The fraction of sp³-hybridized carbons (Fsp3) is 0.136. The van der Waals surface area contributed by atoms with Gasteiger partial charge in [0.15, 0.2) is 0 Å². The van der Waals surface area contributed by atoms with Gasteiger partial charge in [-0.2, -0.15) is 0 Å². The maximum atomic E-state index is 12.9. The number of carbonyl (C=O) groups is 1. The average molecular weight is 416 g/mol. The van der Waals surface area contributed by atoms with Crippen molar-refractivity contribution in [1.29, 1.82) is 0 Å². The Morgan fingerprint density at radius 1 is 1.00 bits per heavy atom. The van der Waals surface area contributed by atoms with Crippen molar-refractivity contribution in [3.8, 4) is 11.5 Å². The van der Waals surface area contributed by atoms with Crippen molar-refractivity contribution in [2.24, 2.45) is 0 Å². The van der Waals surface area contributed by atoms with E-state index in [2.05, 4.69) is 5.32 Å². The van der Waals surface area contributed by atoms with Crippen LogP contribution < -0.4 is 14.8 Å². The minimum absolute atomic E-state index is 0.332. The molecule has 1 amide bonds. The highest BCUT2D eigenvalue weighted by Gasteiger charge is 2.17. The van der Waals surface area contributed by atoms with Gasteiger partial charge in [0.2, 0.25) is 0 Å². The second-order valence-electron chi connectivity index (χ2n) is 6.17. The number of aryl methyl sites for hydroxylation is 1. The molecule has 3 aromatic rings. The van der Waals surface area contributed by atoms with E-state index in [-0.39, 0.29) is 5.91 Å². The first-order chi connectivity index (χ1) is 13.5. The summed E-state index contributed by atoms with van der Waals surface area (Å²) in [4.78, 5) is 12.9. The van der Waals surface area contributed by atoms with Crippen molar-refractivity contribution in [2.75, 3.05) is 12.4 Å². The SMILES string of the molecule is COc1cc(Cl)c(C)cc1NC(=O)c1cc(Cl)ccc1OCc1ccccc1. The number of rotatable bonds is 6. The molecule has 0 saturated heterocycles. The molecule has 3 aromatic carbocycles. The molecule has 0 aliphatic heterocycles.